The van der Waals surface area contributed by atoms with E-state index in [2.05, 4.69) is 5.32 Å². The topological polar surface area (TPSA) is 64.3 Å². The molecule has 1 atom stereocenters. The number of hydrogen-bond donors (Lipinski definition) is 2. The van der Waals surface area contributed by atoms with Crippen molar-refractivity contribution in [2.75, 3.05) is 24.7 Å². The molecule has 1 unspecified atom stereocenters. The fraction of sp³-hybridized carbons (Fsp3) is 0.417. The monoisotopic (exact) mass is 222 g/mol. The SMILES string of the molecule is COC(C)CNc1cc(C(C)=O)ccc1N. The minimum absolute atomic E-state index is 0.0304. The quantitative estimate of drug-likeness (QED) is 0.590. The highest BCUT2D eigenvalue weighted by atomic mass is 16.5. The molecule has 0 saturated carbocycles. The van der Waals surface area contributed by atoms with E-state index >= 15 is 0 Å². The molecule has 0 heterocycles. The highest BCUT2D eigenvalue weighted by Crippen LogP contribution is 2.20. The van der Waals surface area contributed by atoms with Crippen molar-refractivity contribution in [3.05, 3.63) is 23.8 Å². The van der Waals surface area contributed by atoms with Crippen LogP contribution >= 0.6 is 0 Å². The zero-order valence-corrected chi connectivity index (χ0v) is 9.91. The molecule has 0 fully saturated rings. The molecule has 0 saturated heterocycles. The molecule has 0 spiro atoms. The third-order valence-corrected chi connectivity index (χ3v) is 2.44. The van der Waals surface area contributed by atoms with Crippen LogP contribution in [-0.4, -0.2) is 25.5 Å². The summed E-state index contributed by atoms with van der Waals surface area (Å²) >= 11 is 0. The zero-order chi connectivity index (χ0) is 12.1. The van der Waals surface area contributed by atoms with Crippen LogP contribution < -0.4 is 11.1 Å². The summed E-state index contributed by atoms with van der Waals surface area (Å²) in [5.74, 6) is 0.0304. The van der Waals surface area contributed by atoms with Gasteiger partial charge in [-0.25, -0.2) is 0 Å². The predicted molar refractivity (Wildman–Crippen MR) is 65.8 cm³/mol. The Balaban J connectivity index is 2.78. The van der Waals surface area contributed by atoms with Gasteiger partial charge in [0, 0.05) is 19.2 Å². The van der Waals surface area contributed by atoms with E-state index in [0.29, 0.717) is 17.8 Å². The van der Waals surface area contributed by atoms with Crippen LogP contribution in [-0.2, 0) is 4.74 Å². The molecule has 3 N–H and O–H groups in total. The summed E-state index contributed by atoms with van der Waals surface area (Å²) in [6.07, 6.45) is 0.0976. The van der Waals surface area contributed by atoms with E-state index in [1.807, 2.05) is 6.92 Å². The van der Waals surface area contributed by atoms with E-state index in [1.165, 1.54) is 6.92 Å². The van der Waals surface area contributed by atoms with Gasteiger partial charge in [0.1, 0.15) is 0 Å². The largest absolute Gasteiger partial charge is 0.397 e. The predicted octanol–water partition coefficient (Wildman–Crippen LogP) is 1.92. The van der Waals surface area contributed by atoms with Crippen molar-refractivity contribution >= 4 is 17.2 Å². The number of hydrogen-bond acceptors (Lipinski definition) is 4. The molecule has 0 amide bonds. The average Bonchev–Trinajstić information content (AvgIpc) is 2.27. The van der Waals surface area contributed by atoms with Crippen LogP contribution in [0.5, 0.6) is 0 Å². The molecule has 4 nitrogen and oxygen atoms in total. The number of nitrogen functional groups attached to an aromatic ring is 1. The molecule has 0 aliphatic rings. The number of carbonyl (C=O) groups excluding carboxylic acids is 1. The lowest BCUT2D eigenvalue weighted by atomic mass is 10.1. The van der Waals surface area contributed by atoms with E-state index in [-0.39, 0.29) is 11.9 Å². The number of Topliss-reactive ketones (excluding diaryl/α,β-unsaturated/α-hetero) is 1. The van der Waals surface area contributed by atoms with Crippen LogP contribution in [0.3, 0.4) is 0 Å². The van der Waals surface area contributed by atoms with Crippen molar-refractivity contribution < 1.29 is 9.53 Å². The first-order valence-corrected chi connectivity index (χ1v) is 5.21. The van der Waals surface area contributed by atoms with Crippen LogP contribution in [0.4, 0.5) is 11.4 Å². The molecule has 0 bridgehead atoms. The van der Waals surface area contributed by atoms with Crippen molar-refractivity contribution in [3.63, 3.8) is 0 Å². The Kier molecular flexibility index (Phi) is 4.31. The maximum Gasteiger partial charge on any atom is 0.159 e. The van der Waals surface area contributed by atoms with E-state index in [1.54, 1.807) is 25.3 Å². The first-order chi connectivity index (χ1) is 7.54. The fourth-order valence-corrected chi connectivity index (χ4v) is 1.27. The van der Waals surface area contributed by atoms with E-state index in [9.17, 15) is 4.79 Å². The molecular formula is C12H18N2O2. The van der Waals surface area contributed by atoms with Crippen LogP contribution in [0.2, 0.25) is 0 Å². The zero-order valence-electron chi connectivity index (χ0n) is 9.91. The van der Waals surface area contributed by atoms with Crippen molar-refractivity contribution in [2.45, 2.75) is 20.0 Å². The molecule has 0 radical (unpaired) electrons. The standard InChI is InChI=1S/C12H18N2O2/c1-8(16-3)7-14-12-6-10(9(2)15)4-5-11(12)13/h4-6,8,14H,7,13H2,1-3H3. The lowest BCUT2D eigenvalue weighted by Crippen LogP contribution is -2.18. The van der Waals surface area contributed by atoms with Gasteiger partial charge in [-0.1, -0.05) is 0 Å². The van der Waals surface area contributed by atoms with Crippen LogP contribution in [0.1, 0.15) is 24.2 Å². The van der Waals surface area contributed by atoms with Crippen molar-refractivity contribution in [1.29, 1.82) is 0 Å². The minimum atomic E-state index is 0.0304. The fourth-order valence-electron chi connectivity index (χ4n) is 1.27. The molecule has 1 aromatic rings. The molecule has 88 valence electrons. The Morgan fingerprint density at radius 1 is 1.56 bits per heavy atom. The third-order valence-electron chi connectivity index (χ3n) is 2.44. The van der Waals surface area contributed by atoms with Gasteiger partial charge in [-0.2, -0.15) is 0 Å². The van der Waals surface area contributed by atoms with Gasteiger partial charge in [0.25, 0.3) is 0 Å². The number of carbonyl (C=O) groups is 1. The second kappa shape index (κ2) is 5.51. The maximum absolute atomic E-state index is 11.2. The van der Waals surface area contributed by atoms with E-state index in [0.717, 1.165) is 5.69 Å². The van der Waals surface area contributed by atoms with Crippen molar-refractivity contribution in [2.24, 2.45) is 0 Å². The van der Waals surface area contributed by atoms with E-state index in [4.69, 9.17) is 10.5 Å². The summed E-state index contributed by atoms with van der Waals surface area (Å²) in [7, 11) is 1.65. The maximum atomic E-state index is 11.2. The molecule has 1 rings (SSSR count). The van der Waals surface area contributed by atoms with Gasteiger partial charge in [0.2, 0.25) is 0 Å². The van der Waals surface area contributed by atoms with Crippen LogP contribution in [0.15, 0.2) is 18.2 Å². The van der Waals surface area contributed by atoms with Gasteiger partial charge in [-0.15, -0.1) is 0 Å². The second-order valence-electron chi connectivity index (χ2n) is 3.79. The highest BCUT2D eigenvalue weighted by molar-refractivity contribution is 5.96. The summed E-state index contributed by atoms with van der Waals surface area (Å²) in [5, 5.41) is 3.16. The number of ketones is 1. The van der Waals surface area contributed by atoms with Gasteiger partial charge >= 0.3 is 0 Å². The van der Waals surface area contributed by atoms with Gasteiger partial charge in [-0.3, -0.25) is 4.79 Å². The summed E-state index contributed by atoms with van der Waals surface area (Å²) in [4.78, 5) is 11.2. The Hall–Kier alpha value is -1.55. The number of nitrogens with two attached hydrogens (primary N) is 1. The molecule has 0 aliphatic carbocycles. The summed E-state index contributed by atoms with van der Waals surface area (Å²) < 4.78 is 5.12. The summed E-state index contributed by atoms with van der Waals surface area (Å²) in [6.45, 7) is 4.15. The molecule has 1 aromatic carbocycles. The van der Waals surface area contributed by atoms with E-state index < -0.39 is 0 Å². The number of methoxy groups -OCH3 is 1. The van der Waals surface area contributed by atoms with Crippen molar-refractivity contribution in [3.8, 4) is 0 Å². The normalized spacial score (nSPS) is 12.2. The third kappa shape index (κ3) is 3.24. The molecule has 4 heteroatoms. The number of rotatable bonds is 5. The van der Waals surface area contributed by atoms with Crippen molar-refractivity contribution in [1.82, 2.24) is 0 Å². The Bertz CT molecular complexity index is 377. The minimum Gasteiger partial charge on any atom is -0.397 e. The van der Waals surface area contributed by atoms with Crippen LogP contribution in [0.25, 0.3) is 0 Å². The van der Waals surface area contributed by atoms with Crippen LogP contribution in [0, 0.1) is 0 Å². The first kappa shape index (κ1) is 12.5. The molecule has 0 aromatic heterocycles. The first-order valence-electron chi connectivity index (χ1n) is 5.21. The lowest BCUT2D eigenvalue weighted by Gasteiger charge is -2.14. The second-order valence-corrected chi connectivity index (χ2v) is 3.79. The highest BCUT2D eigenvalue weighted by Gasteiger charge is 2.05. The van der Waals surface area contributed by atoms with Gasteiger partial charge < -0.3 is 15.8 Å². The number of nitrogens with one attached hydrogen (secondary N) is 1. The smallest absolute Gasteiger partial charge is 0.159 e. The molecular weight excluding hydrogens is 204 g/mol. The number of anilines is 2. The van der Waals surface area contributed by atoms with Gasteiger partial charge in [-0.05, 0) is 32.0 Å². The Morgan fingerprint density at radius 3 is 2.81 bits per heavy atom. The Labute approximate surface area is 95.8 Å². The Morgan fingerprint density at radius 2 is 2.25 bits per heavy atom. The summed E-state index contributed by atoms with van der Waals surface area (Å²) in [6, 6.07) is 5.22. The summed E-state index contributed by atoms with van der Waals surface area (Å²) in [5.41, 5.74) is 7.86. The molecule has 16 heavy (non-hydrogen) atoms. The number of ether oxygens (including phenoxy) is 1. The number of benzene rings is 1. The lowest BCUT2D eigenvalue weighted by molar-refractivity contribution is 0.101. The average molecular weight is 222 g/mol. The molecule has 0 aliphatic heterocycles. The van der Waals surface area contributed by atoms with Gasteiger partial charge in [0.15, 0.2) is 5.78 Å². The van der Waals surface area contributed by atoms with Gasteiger partial charge in [0.05, 0.1) is 17.5 Å².